The van der Waals surface area contributed by atoms with Crippen LogP contribution in [0.5, 0.6) is 0 Å². The maximum atomic E-state index is 11.8. The van der Waals surface area contributed by atoms with Gasteiger partial charge in [0.25, 0.3) is 0 Å². The average Bonchev–Trinajstić information content (AvgIpc) is 3.05. The summed E-state index contributed by atoms with van der Waals surface area (Å²) in [4.78, 5) is 32.7. The van der Waals surface area contributed by atoms with E-state index in [1.165, 1.54) is 0 Å². The third-order valence-corrected chi connectivity index (χ3v) is 9.14. The second-order valence-corrected chi connectivity index (χ2v) is 18.2. The first-order valence-corrected chi connectivity index (χ1v) is 20.7. The summed E-state index contributed by atoms with van der Waals surface area (Å²) in [5, 5.41) is 23.0. The Morgan fingerprint density at radius 2 is 0.759 bits per heavy atom. The molecule has 0 aliphatic carbocycles. The number of carboxylic acid groups (broad SMARTS) is 2. The predicted octanol–water partition coefficient (Wildman–Crippen LogP) is 5.02. The summed E-state index contributed by atoms with van der Waals surface area (Å²) in [7, 11) is 0. The summed E-state index contributed by atoms with van der Waals surface area (Å²) in [6.45, 7) is 29.8. The molecule has 0 saturated heterocycles. The molecule has 16 nitrogen and oxygen atoms in total. The van der Waals surface area contributed by atoms with Gasteiger partial charge in [-0.3, -0.25) is 4.79 Å². The SMILES string of the molecule is CC(C)(CCNC(=O)COCC(=O)O)OCCC(C)(C)OCCC(C)(C)OCCC(C)(C)OC(C)(C)CCOC(C)(C)CCOCCOCCNCCOCC(=O)O. The summed E-state index contributed by atoms with van der Waals surface area (Å²) in [6, 6.07) is 0. The number of ether oxygens (including phenoxy) is 9. The monoisotopic (exact) mass is 839 g/mol. The van der Waals surface area contributed by atoms with Crippen molar-refractivity contribution >= 4 is 17.8 Å². The number of nitrogens with one attached hydrogen (secondary N) is 2. The molecule has 0 aromatic carbocycles. The van der Waals surface area contributed by atoms with Gasteiger partial charge in [0, 0.05) is 26.2 Å². The van der Waals surface area contributed by atoms with Gasteiger partial charge in [-0.25, -0.2) is 9.59 Å². The van der Waals surface area contributed by atoms with Crippen molar-refractivity contribution in [3.05, 3.63) is 0 Å². The Morgan fingerprint density at radius 1 is 0.397 bits per heavy atom. The number of rotatable bonds is 39. The highest BCUT2D eigenvalue weighted by Crippen LogP contribution is 2.28. The van der Waals surface area contributed by atoms with Crippen molar-refractivity contribution in [3.63, 3.8) is 0 Å². The standard InChI is InChI=1S/C42H82N2O14/c1-37(2,13-19-44-34(45)31-53-33-36(48)49)54-23-15-39(5,6)55-24-16-40(7,8)57-26-18-42(11,12)58-41(9,10)17-25-56-38(3,4)14-22-50-29-30-51-27-20-43-21-28-52-32-35(46)47/h43H,13-33H2,1-12H3,(H,44,45)(H,46,47)(H,48,49). The van der Waals surface area contributed by atoms with E-state index in [9.17, 15) is 14.4 Å². The zero-order valence-electron chi connectivity index (χ0n) is 38.1. The van der Waals surface area contributed by atoms with Crippen LogP contribution in [0, 0.1) is 0 Å². The highest BCUT2D eigenvalue weighted by Gasteiger charge is 2.31. The van der Waals surface area contributed by atoms with Gasteiger partial charge in [0.05, 0.1) is 86.5 Å². The molecule has 16 heteroatoms. The molecule has 0 unspecified atom stereocenters. The lowest BCUT2D eigenvalue weighted by Crippen LogP contribution is -2.40. The Bertz CT molecular complexity index is 1130. The molecule has 58 heavy (non-hydrogen) atoms. The molecule has 1 amide bonds. The third kappa shape index (κ3) is 34.8. The van der Waals surface area contributed by atoms with Crippen LogP contribution in [0.3, 0.4) is 0 Å². The normalized spacial score (nSPS) is 13.2. The predicted molar refractivity (Wildman–Crippen MR) is 221 cm³/mol. The van der Waals surface area contributed by atoms with Crippen molar-refractivity contribution in [1.82, 2.24) is 10.6 Å². The van der Waals surface area contributed by atoms with Crippen LogP contribution in [0.2, 0.25) is 0 Å². The molecule has 344 valence electrons. The van der Waals surface area contributed by atoms with Crippen LogP contribution in [0.25, 0.3) is 0 Å². The van der Waals surface area contributed by atoms with Crippen molar-refractivity contribution in [2.75, 3.05) is 98.9 Å². The second-order valence-electron chi connectivity index (χ2n) is 18.2. The average molecular weight is 839 g/mol. The Labute approximate surface area is 349 Å². The molecule has 0 aromatic heterocycles. The number of hydrogen-bond donors (Lipinski definition) is 4. The lowest BCUT2D eigenvalue weighted by Gasteiger charge is -2.38. The Hall–Kier alpha value is -1.99. The Balaban J connectivity index is 4.25. The number of aliphatic carboxylic acids is 2. The van der Waals surface area contributed by atoms with Gasteiger partial charge in [-0.15, -0.1) is 0 Å². The van der Waals surface area contributed by atoms with Crippen molar-refractivity contribution < 1.29 is 67.2 Å². The van der Waals surface area contributed by atoms with E-state index in [-0.39, 0.29) is 30.3 Å². The number of amides is 1. The summed E-state index contributed by atoms with van der Waals surface area (Å²) in [5.74, 6) is -2.45. The van der Waals surface area contributed by atoms with E-state index in [1.807, 2.05) is 27.7 Å². The minimum atomic E-state index is -1.12. The van der Waals surface area contributed by atoms with Gasteiger partial charge in [-0.1, -0.05) is 0 Å². The number of carbonyl (C=O) groups excluding carboxylic acids is 1. The van der Waals surface area contributed by atoms with Crippen LogP contribution < -0.4 is 10.6 Å². The Morgan fingerprint density at radius 3 is 1.21 bits per heavy atom. The first-order chi connectivity index (χ1) is 26.8. The van der Waals surface area contributed by atoms with E-state index in [0.29, 0.717) is 91.9 Å². The van der Waals surface area contributed by atoms with Gasteiger partial charge >= 0.3 is 11.9 Å². The molecule has 0 aliphatic rings. The molecule has 0 aliphatic heterocycles. The zero-order valence-corrected chi connectivity index (χ0v) is 38.1. The molecule has 0 radical (unpaired) electrons. The van der Waals surface area contributed by atoms with Gasteiger partial charge in [0.15, 0.2) is 0 Å². The maximum absolute atomic E-state index is 11.8. The number of hydrogen-bond acceptors (Lipinski definition) is 13. The van der Waals surface area contributed by atoms with Crippen LogP contribution in [-0.4, -0.2) is 161 Å². The molecular formula is C42H82N2O14. The van der Waals surface area contributed by atoms with Gasteiger partial charge in [-0.05, 0) is 122 Å². The fraction of sp³-hybridized carbons (Fsp3) is 0.929. The quantitative estimate of drug-likeness (QED) is 0.0602. The van der Waals surface area contributed by atoms with Crippen molar-refractivity contribution in [2.24, 2.45) is 0 Å². The largest absolute Gasteiger partial charge is 0.480 e. The van der Waals surface area contributed by atoms with Gasteiger partial charge < -0.3 is 63.5 Å². The molecular weight excluding hydrogens is 756 g/mol. The highest BCUT2D eigenvalue weighted by molar-refractivity contribution is 5.77. The first-order valence-electron chi connectivity index (χ1n) is 20.7. The van der Waals surface area contributed by atoms with Crippen LogP contribution in [0.1, 0.15) is 122 Å². The smallest absolute Gasteiger partial charge is 0.329 e. The fourth-order valence-electron chi connectivity index (χ4n) is 5.43. The first kappa shape index (κ1) is 56.0. The minimum Gasteiger partial charge on any atom is -0.480 e. The van der Waals surface area contributed by atoms with Gasteiger partial charge in [-0.2, -0.15) is 0 Å². The van der Waals surface area contributed by atoms with Gasteiger partial charge in [0.1, 0.15) is 19.8 Å². The number of carboxylic acids is 2. The summed E-state index contributed by atoms with van der Waals surface area (Å²) < 4.78 is 52.5. The molecule has 0 saturated carbocycles. The van der Waals surface area contributed by atoms with Crippen molar-refractivity contribution in [2.45, 2.75) is 155 Å². The highest BCUT2D eigenvalue weighted by atomic mass is 16.5. The summed E-state index contributed by atoms with van der Waals surface area (Å²) in [6.07, 6.45) is 4.23. The number of carbonyl (C=O) groups is 3. The van der Waals surface area contributed by atoms with Crippen molar-refractivity contribution in [1.29, 1.82) is 0 Å². The minimum absolute atomic E-state index is 0.286. The van der Waals surface area contributed by atoms with E-state index in [4.69, 9.17) is 52.8 Å². The molecule has 0 fully saturated rings. The zero-order chi connectivity index (χ0) is 44.4. The fourth-order valence-corrected chi connectivity index (χ4v) is 5.43. The third-order valence-electron chi connectivity index (χ3n) is 9.14. The van der Waals surface area contributed by atoms with E-state index < -0.39 is 40.9 Å². The van der Waals surface area contributed by atoms with Crippen LogP contribution in [0.15, 0.2) is 0 Å². The van der Waals surface area contributed by atoms with E-state index in [1.54, 1.807) is 0 Å². The topological polar surface area (TPSA) is 199 Å². The Kier molecular flexibility index (Phi) is 27.5. The van der Waals surface area contributed by atoms with Gasteiger partial charge in [0.2, 0.25) is 5.91 Å². The van der Waals surface area contributed by atoms with Crippen molar-refractivity contribution in [3.8, 4) is 0 Å². The van der Waals surface area contributed by atoms with Crippen LogP contribution in [0.4, 0.5) is 0 Å². The van der Waals surface area contributed by atoms with E-state index in [2.05, 4.69) is 66.0 Å². The van der Waals surface area contributed by atoms with E-state index >= 15 is 0 Å². The van der Waals surface area contributed by atoms with Crippen LogP contribution in [-0.2, 0) is 57.0 Å². The molecule has 4 N–H and O–H groups in total. The van der Waals surface area contributed by atoms with E-state index in [0.717, 1.165) is 25.7 Å². The lowest BCUT2D eigenvalue weighted by molar-refractivity contribution is -0.155. The lowest BCUT2D eigenvalue weighted by atomic mass is 9.99. The molecule has 0 atom stereocenters. The molecule has 0 aromatic rings. The molecule has 0 rings (SSSR count). The second kappa shape index (κ2) is 28.5. The maximum Gasteiger partial charge on any atom is 0.329 e. The summed E-state index contributed by atoms with van der Waals surface area (Å²) >= 11 is 0. The van der Waals surface area contributed by atoms with Crippen LogP contribution >= 0.6 is 0 Å². The summed E-state index contributed by atoms with van der Waals surface area (Å²) in [5.41, 5.74) is -2.36. The molecule has 0 bridgehead atoms. The molecule has 0 spiro atoms. The molecule has 0 heterocycles.